The summed E-state index contributed by atoms with van der Waals surface area (Å²) in [5.41, 5.74) is 1.26. The van der Waals surface area contributed by atoms with E-state index in [0.29, 0.717) is 12.0 Å². The van der Waals surface area contributed by atoms with E-state index in [0.717, 1.165) is 26.3 Å². The Bertz CT molecular complexity index is 318. The van der Waals surface area contributed by atoms with Crippen LogP contribution in [0.5, 0.6) is 0 Å². The normalized spacial score (nSPS) is 22.5. The molecule has 1 aromatic heterocycles. The second kappa shape index (κ2) is 5.46. The first-order valence-electron chi connectivity index (χ1n) is 6.13. The molecule has 1 saturated heterocycles. The quantitative estimate of drug-likeness (QED) is 0.820. The van der Waals surface area contributed by atoms with Gasteiger partial charge in [0.2, 0.25) is 0 Å². The largest absolute Gasteiger partial charge is 0.381 e. The van der Waals surface area contributed by atoms with Gasteiger partial charge in [-0.05, 0) is 32.3 Å². The van der Waals surface area contributed by atoms with Gasteiger partial charge in [-0.3, -0.25) is 4.68 Å². The first-order valence-corrected chi connectivity index (χ1v) is 6.13. The second-order valence-electron chi connectivity index (χ2n) is 4.43. The molecule has 0 amide bonds. The van der Waals surface area contributed by atoms with Gasteiger partial charge in [0.1, 0.15) is 0 Å². The van der Waals surface area contributed by atoms with Crippen molar-refractivity contribution in [2.24, 2.45) is 5.92 Å². The van der Waals surface area contributed by atoms with E-state index in [1.54, 1.807) is 0 Å². The zero-order valence-electron chi connectivity index (χ0n) is 10.1. The number of aryl methyl sites for hydroxylation is 1. The lowest BCUT2D eigenvalue weighted by Gasteiger charge is -2.19. The Hall–Kier alpha value is -0.870. The van der Waals surface area contributed by atoms with Gasteiger partial charge >= 0.3 is 0 Å². The van der Waals surface area contributed by atoms with E-state index >= 15 is 0 Å². The fourth-order valence-corrected chi connectivity index (χ4v) is 2.17. The molecule has 1 aliphatic rings. The Balaban J connectivity index is 1.82. The van der Waals surface area contributed by atoms with E-state index in [1.807, 2.05) is 10.9 Å². The Morgan fingerprint density at radius 3 is 3.25 bits per heavy atom. The van der Waals surface area contributed by atoms with Gasteiger partial charge in [0.05, 0.1) is 12.3 Å². The zero-order chi connectivity index (χ0) is 11.4. The molecule has 1 fully saturated rings. The van der Waals surface area contributed by atoms with E-state index in [2.05, 4.69) is 30.3 Å². The van der Waals surface area contributed by atoms with Crippen LogP contribution in [0.3, 0.4) is 0 Å². The fraction of sp³-hybridized carbons (Fsp3) is 0.750. The summed E-state index contributed by atoms with van der Waals surface area (Å²) >= 11 is 0. The minimum atomic E-state index is 0.516. The number of rotatable bonds is 5. The Kier molecular flexibility index (Phi) is 3.96. The van der Waals surface area contributed by atoms with Gasteiger partial charge in [0.15, 0.2) is 0 Å². The maximum absolute atomic E-state index is 5.40. The lowest BCUT2D eigenvalue weighted by atomic mass is 10.0. The van der Waals surface area contributed by atoms with Crippen LogP contribution in [0.15, 0.2) is 12.3 Å². The molecular weight excluding hydrogens is 202 g/mol. The van der Waals surface area contributed by atoms with Crippen molar-refractivity contribution < 1.29 is 4.74 Å². The summed E-state index contributed by atoms with van der Waals surface area (Å²) in [5.74, 6) is 0.665. The van der Waals surface area contributed by atoms with Crippen LogP contribution >= 0.6 is 0 Å². The summed E-state index contributed by atoms with van der Waals surface area (Å²) in [7, 11) is 0. The average Bonchev–Trinajstić information content (AvgIpc) is 2.96. The number of aromatic nitrogens is 2. The van der Waals surface area contributed by atoms with Crippen LogP contribution in [-0.4, -0.2) is 29.0 Å². The molecule has 1 N–H and O–H groups in total. The number of nitrogens with one attached hydrogen (secondary N) is 1. The van der Waals surface area contributed by atoms with E-state index in [4.69, 9.17) is 4.74 Å². The van der Waals surface area contributed by atoms with Crippen LogP contribution < -0.4 is 5.32 Å². The summed E-state index contributed by atoms with van der Waals surface area (Å²) in [5, 5.41) is 7.82. The molecule has 0 radical (unpaired) electrons. The molecule has 0 aromatic carbocycles. The molecule has 2 atom stereocenters. The Labute approximate surface area is 97.0 Å². The highest BCUT2D eigenvalue weighted by Crippen LogP contribution is 2.16. The van der Waals surface area contributed by atoms with E-state index in [1.165, 1.54) is 12.1 Å². The number of hydrogen-bond acceptors (Lipinski definition) is 3. The fourth-order valence-electron chi connectivity index (χ4n) is 2.17. The van der Waals surface area contributed by atoms with Crippen molar-refractivity contribution in [2.75, 3.05) is 13.2 Å². The van der Waals surface area contributed by atoms with Crippen molar-refractivity contribution in [1.29, 1.82) is 0 Å². The van der Waals surface area contributed by atoms with Crippen LogP contribution in [0.25, 0.3) is 0 Å². The molecule has 1 aliphatic heterocycles. The Morgan fingerprint density at radius 2 is 2.56 bits per heavy atom. The summed E-state index contributed by atoms with van der Waals surface area (Å²) in [6.07, 6.45) is 3.05. The van der Waals surface area contributed by atoms with Crippen molar-refractivity contribution in [2.45, 2.75) is 39.4 Å². The van der Waals surface area contributed by atoms with Crippen molar-refractivity contribution in [3.63, 3.8) is 0 Å². The molecule has 1 aromatic rings. The van der Waals surface area contributed by atoms with Crippen LogP contribution in [-0.2, 0) is 17.8 Å². The van der Waals surface area contributed by atoms with Crippen molar-refractivity contribution >= 4 is 0 Å². The molecule has 0 saturated carbocycles. The molecule has 0 spiro atoms. The van der Waals surface area contributed by atoms with Gasteiger partial charge in [-0.25, -0.2) is 0 Å². The third kappa shape index (κ3) is 2.62. The van der Waals surface area contributed by atoms with Crippen LogP contribution in [0, 0.1) is 5.92 Å². The first-order chi connectivity index (χ1) is 7.81. The van der Waals surface area contributed by atoms with Crippen molar-refractivity contribution in [1.82, 2.24) is 15.1 Å². The molecule has 2 rings (SSSR count). The molecule has 2 heterocycles. The molecular formula is C12H21N3O. The minimum Gasteiger partial charge on any atom is -0.381 e. The predicted octanol–water partition coefficient (Wildman–Crippen LogP) is 1.42. The van der Waals surface area contributed by atoms with Crippen LogP contribution in [0.1, 0.15) is 26.0 Å². The smallest absolute Gasteiger partial charge is 0.0522 e. The van der Waals surface area contributed by atoms with Gasteiger partial charge in [-0.1, -0.05) is 0 Å². The van der Waals surface area contributed by atoms with E-state index in [9.17, 15) is 0 Å². The topological polar surface area (TPSA) is 39.1 Å². The van der Waals surface area contributed by atoms with Crippen LogP contribution in [0.2, 0.25) is 0 Å². The molecule has 2 unspecified atom stereocenters. The monoisotopic (exact) mass is 223 g/mol. The van der Waals surface area contributed by atoms with Gasteiger partial charge in [0.25, 0.3) is 0 Å². The molecule has 4 nitrogen and oxygen atoms in total. The average molecular weight is 223 g/mol. The van der Waals surface area contributed by atoms with Crippen molar-refractivity contribution in [3.05, 3.63) is 18.0 Å². The highest BCUT2D eigenvalue weighted by atomic mass is 16.5. The molecule has 90 valence electrons. The summed E-state index contributed by atoms with van der Waals surface area (Å²) in [4.78, 5) is 0. The van der Waals surface area contributed by atoms with Gasteiger partial charge in [-0.2, -0.15) is 5.10 Å². The number of hydrogen-bond donors (Lipinski definition) is 1. The summed E-state index contributed by atoms with van der Waals surface area (Å²) in [6.45, 7) is 8.01. The van der Waals surface area contributed by atoms with Crippen molar-refractivity contribution in [3.8, 4) is 0 Å². The molecule has 16 heavy (non-hydrogen) atoms. The predicted molar refractivity (Wildman–Crippen MR) is 63.1 cm³/mol. The van der Waals surface area contributed by atoms with E-state index < -0.39 is 0 Å². The second-order valence-corrected chi connectivity index (χ2v) is 4.43. The van der Waals surface area contributed by atoms with Crippen LogP contribution in [0.4, 0.5) is 0 Å². The number of nitrogens with zero attached hydrogens (tertiary/aromatic N) is 2. The molecule has 4 heteroatoms. The summed E-state index contributed by atoms with van der Waals surface area (Å²) in [6, 6.07) is 2.59. The van der Waals surface area contributed by atoms with E-state index in [-0.39, 0.29) is 0 Å². The maximum atomic E-state index is 5.40. The van der Waals surface area contributed by atoms with Gasteiger partial charge < -0.3 is 10.1 Å². The first kappa shape index (κ1) is 11.6. The Morgan fingerprint density at radius 1 is 1.69 bits per heavy atom. The minimum absolute atomic E-state index is 0.516. The third-order valence-electron chi connectivity index (χ3n) is 3.38. The number of ether oxygens (including phenoxy) is 1. The maximum Gasteiger partial charge on any atom is 0.0522 e. The third-order valence-corrected chi connectivity index (χ3v) is 3.38. The zero-order valence-corrected chi connectivity index (χ0v) is 10.1. The van der Waals surface area contributed by atoms with Gasteiger partial charge in [0, 0.05) is 31.9 Å². The lowest BCUT2D eigenvalue weighted by Crippen LogP contribution is -2.34. The molecule has 0 bridgehead atoms. The van der Waals surface area contributed by atoms with Gasteiger partial charge in [-0.15, -0.1) is 0 Å². The SMILES string of the molecule is CCn1nccc1CNC(C)C1CCOC1. The highest BCUT2D eigenvalue weighted by molar-refractivity contribution is 5.00. The standard InChI is InChI=1S/C12H21N3O/c1-3-15-12(4-6-14-15)8-13-10(2)11-5-7-16-9-11/h4,6,10-11,13H,3,5,7-9H2,1-2H3. The lowest BCUT2D eigenvalue weighted by molar-refractivity contribution is 0.178. The molecule has 0 aliphatic carbocycles. The summed E-state index contributed by atoms with van der Waals surface area (Å²) < 4.78 is 7.44. The highest BCUT2D eigenvalue weighted by Gasteiger charge is 2.21.